The molecule has 2 aromatic heterocycles. The van der Waals surface area contributed by atoms with Crippen molar-refractivity contribution >= 4 is 22.8 Å². The van der Waals surface area contributed by atoms with Crippen molar-refractivity contribution in [2.24, 2.45) is 7.05 Å². The summed E-state index contributed by atoms with van der Waals surface area (Å²) in [7, 11) is 3.46. The van der Waals surface area contributed by atoms with E-state index in [1.165, 1.54) is 0 Å². The second kappa shape index (κ2) is 8.43. The van der Waals surface area contributed by atoms with Gasteiger partial charge in [-0.25, -0.2) is 9.67 Å². The molecule has 1 fully saturated rings. The zero-order valence-electron chi connectivity index (χ0n) is 17.4. The molecule has 158 valence electrons. The number of hydrogen-bond donors (Lipinski definition) is 0. The van der Waals surface area contributed by atoms with Crippen LogP contribution >= 0.6 is 11.3 Å². The molecule has 3 heterocycles. The highest BCUT2D eigenvalue weighted by atomic mass is 32.1. The summed E-state index contributed by atoms with van der Waals surface area (Å²) in [5.74, 6) is 1.79. The minimum absolute atomic E-state index is 0.145. The number of nitrogens with zero attached hydrogens (tertiary/aromatic N) is 5. The molecule has 0 saturated carbocycles. The van der Waals surface area contributed by atoms with Gasteiger partial charge in [-0.15, -0.1) is 11.3 Å². The Hall–Kier alpha value is -2.94. The molecule has 0 atom stereocenters. The predicted molar refractivity (Wildman–Crippen MR) is 118 cm³/mol. The lowest BCUT2D eigenvalue weighted by Gasteiger charge is -2.31. The summed E-state index contributed by atoms with van der Waals surface area (Å²) in [6.45, 7) is 3.39. The third-order valence-electron chi connectivity index (χ3n) is 5.63. The second-order valence-corrected chi connectivity index (χ2v) is 8.28. The van der Waals surface area contributed by atoms with E-state index >= 15 is 0 Å². The summed E-state index contributed by atoms with van der Waals surface area (Å²) in [5, 5.41) is 19.2. The van der Waals surface area contributed by atoms with Gasteiger partial charge in [-0.2, -0.15) is 5.10 Å². The minimum atomic E-state index is -0.298. The number of benzene rings is 1. The van der Waals surface area contributed by atoms with Gasteiger partial charge in [0.2, 0.25) is 5.82 Å². The minimum Gasteiger partial charge on any atom is -0.496 e. The second-order valence-electron chi connectivity index (χ2n) is 7.39. The van der Waals surface area contributed by atoms with Crippen LogP contribution < -0.4 is 9.64 Å². The van der Waals surface area contributed by atoms with Crippen molar-refractivity contribution in [1.29, 1.82) is 0 Å². The molecule has 0 N–H and O–H groups in total. The fourth-order valence-electron chi connectivity index (χ4n) is 4.13. The van der Waals surface area contributed by atoms with Crippen LogP contribution in [0.5, 0.6) is 5.75 Å². The van der Waals surface area contributed by atoms with Crippen molar-refractivity contribution in [3.8, 4) is 17.0 Å². The van der Waals surface area contributed by atoms with Crippen molar-refractivity contribution in [1.82, 2.24) is 14.8 Å². The number of anilines is 1. The summed E-state index contributed by atoms with van der Waals surface area (Å²) < 4.78 is 7.12. The largest absolute Gasteiger partial charge is 0.496 e. The van der Waals surface area contributed by atoms with Crippen LogP contribution in [0.3, 0.4) is 0 Å². The Morgan fingerprint density at radius 3 is 2.70 bits per heavy atom. The number of ether oxygens (including phenoxy) is 1. The predicted octanol–water partition coefficient (Wildman–Crippen LogP) is 4.41. The van der Waals surface area contributed by atoms with E-state index in [-0.39, 0.29) is 10.6 Å². The van der Waals surface area contributed by atoms with Crippen LogP contribution in [-0.4, -0.2) is 39.9 Å². The van der Waals surface area contributed by atoms with E-state index in [0.29, 0.717) is 23.9 Å². The number of rotatable bonds is 6. The van der Waals surface area contributed by atoms with Crippen molar-refractivity contribution in [3.05, 3.63) is 50.5 Å². The van der Waals surface area contributed by atoms with Gasteiger partial charge in [-0.05, 0) is 31.4 Å². The van der Waals surface area contributed by atoms with Crippen LogP contribution in [0.15, 0.2) is 29.6 Å². The third kappa shape index (κ3) is 3.65. The maximum absolute atomic E-state index is 11.6. The number of para-hydroxylation sites is 1. The molecule has 9 heteroatoms. The lowest BCUT2D eigenvalue weighted by molar-refractivity contribution is -0.384. The summed E-state index contributed by atoms with van der Waals surface area (Å²) in [6.07, 6.45) is 2.36. The third-order valence-corrected chi connectivity index (χ3v) is 6.64. The summed E-state index contributed by atoms with van der Waals surface area (Å²) in [6, 6.07) is 7.90. The van der Waals surface area contributed by atoms with Gasteiger partial charge in [-0.1, -0.05) is 19.1 Å². The van der Waals surface area contributed by atoms with Gasteiger partial charge >= 0.3 is 5.69 Å². The topological polar surface area (TPSA) is 86.3 Å². The van der Waals surface area contributed by atoms with Crippen molar-refractivity contribution in [2.75, 3.05) is 25.1 Å². The molecule has 0 aliphatic carbocycles. The monoisotopic (exact) mass is 427 g/mol. The first-order valence-electron chi connectivity index (χ1n) is 10.1. The lowest BCUT2D eigenvalue weighted by Crippen LogP contribution is -2.34. The quantitative estimate of drug-likeness (QED) is 0.428. The van der Waals surface area contributed by atoms with Crippen molar-refractivity contribution < 1.29 is 9.66 Å². The molecule has 0 amide bonds. The summed E-state index contributed by atoms with van der Waals surface area (Å²) in [4.78, 5) is 18.3. The molecule has 1 saturated heterocycles. The molecule has 1 aromatic carbocycles. The number of methoxy groups -OCH3 is 1. The van der Waals surface area contributed by atoms with E-state index in [9.17, 15) is 10.1 Å². The van der Waals surface area contributed by atoms with Gasteiger partial charge in [0, 0.05) is 37.0 Å². The maximum Gasteiger partial charge on any atom is 0.334 e. The molecule has 0 spiro atoms. The fraction of sp³-hybridized carbons (Fsp3) is 0.429. The molecule has 4 rings (SSSR count). The molecule has 8 nitrogen and oxygen atoms in total. The van der Waals surface area contributed by atoms with E-state index < -0.39 is 0 Å². The van der Waals surface area contributed by atoms with Gasteiger partial charge in [0.1, 0.15) is 11.4 Å². The van der Waals surface area contributed by atoms with Crippen LogP contribution in [-0.2, 0) is 13.5 Å². The van der Waals surface area contributed by atoms with Crippen molar-refractivity contribution in [2.45, 2.75) is 32.1 Å². The molecule has 1 aliphatic rings. The van der Waals surface area contributed by atoms with Crippen LogP contribution in [0.2, 0.25) is 0 Å². The number of piperidine rings is 1. The lowest BCUT2D eigenvalue weighted by atomic mass is 9.97. The van der Waals surface area contributed by atoms with E-state index in [4.69, 9.17) is 9.72 Å². The average Bonchev–Trinajstić information content (AvgIpc) is 3.38. The molecule has 30 heavy (non-hydrogen) atoms. The van der Waals surface area contributed by atoms with Gasteiger partial charge < -0.3 is 9.64 Å². The van der Waals surface area contributed by atoms with Crippen molar-refractivity contribution in [3.63, 3.8) is 0 Å². The molecular formula is C21H25N5O3S. The molecule has 0 radical (unpaired) electrons. The Labute approximate surface area is 179 Å². The highest BCUT2D eigenvalue weighted by Gasteiger charge is 2.32. The fourth-order valence-corrected chi connectivity index (χ4v) is 5.12. The highest BCUT2D eigenvalue weighted by molar-refractivity contribution is 7.10. The van der Waals surface area contributed by atoms with E-state index in [1.54, 1.807) is 30.2 Å². The Morgan fingerprint density at radius 1 is 1.30 bits per heavy atom. The van der Waals surface area contributed by atoms with Crippen LogP contribution in [0.25, 0.3) is 11.3 Å². The Bertz CT molecular complexity index is 1050. The van der Waals surface area contributed by atoms with E-state index in [0.717, 1.165) is 47.9 Å². The zero-order chi connectivity index (χ0) is 21.3. The Kier molecular flexibility index (Phi) is 5.72. The smallest absolute Gasteiger partial charge is 0.334 e. The SMILES string of the molecule is CCc1nn(C)c(N2CCC(c3nc(-c4ccccc4OC)cs3)CC2)c1[N+](=O)[O-]. The van der Waals surface area contributed by atoms with Gasteiger partial charge in [0.05, 0.1) is 22.7 Å². The first kappa shape index (κ1) is 20.3. The Balaban J connectivity index is 1.51. The van der Waals surface area contributed by atoms with Gasteiger partial charge in [0.15, 0.2) is 0 Å². The number of thiazole rings is 1. The van der Waals surface area contributed by atoms with E-state index in [2.05, 4.69) is 15.4 Å². The zero-order valence-corrected chi connectivity index (χ0v) is 18.2. The average molecular weight is 428 g/mol. The van der Waals surface area contributed by atoms with Crippen LogP contribution in [0, 0.1) is 10.1 Å². The summed E-state index contributed by atoms with van der Waals surface area (Å²) >= 11 is 1.68. The Morgan fingerprint density at radius 2 is 2.03 bits per heavy atom. The molecule has 0 unspecified atom stereocenters. The van der Waals surface area contributed by atoms with Gasteiger partial charge in [-0.3, -0.25) is 10.1 Å². The molecule has 1 aliphatic heterocycles. The molecular weight excluding hydrogens is 402 g/mol. The maximum atomic E-state index is 11.6. The molecule has 0 bridgehead atoms. The first-order chi connectivity index (χ1) is 14.5. The van der Waals surface area contributed by atoms with E-state index in [1.807, 2.05) is 31.2 Å². The molecule has 3 aromatic rings. The van der Waals surface area contributed by atoms with Crippen LogP contribution in [0.4, 0.5) is 11.5 Å². The number of aromatic nitrogens is 3. The highest BCUT2D eigenvalue weighted by Crippen LogP contribution is 2.39. The summed E-state index contributed by atoms with van der Waals surface area (Å²) in [5.41, 5.74) is 2.62. The normalized spacial score (nSPS) is 14.8. The standard InChI is InChI=1S/C21H25N5O3S/c1-4-16-19(26(27)28)21(24(2)23-16)25-11-9-14(10-12-25)20-22-17(13-30-20)15-7-5-6-8-18(15)29-3/h5-8,13-14H,4,9-12H2,1-3H3. The van der Waals surface area contributed by atoms with Crippen LogP contribution in [0.1, 0.15) is 36.4 Å². The number of nitro groups is 1. The number of aryl methyl sites for hydroxylation is 2. The van der Waals surface area contributed by atoms with Gasteiger partial charge in [0.25, 0.3) is 0 Å². The number of hydrogen-bond acceptors (Lipinski definition) is 7. The first-order valence-corrected chi connectivity index (χ1v) is 11.0.